The van der Waals surface area contributed by atoms with Gasteiger partial charge in [-0.15, -0.1) is 0 Å². The molecule has 1 N–H and O–H groups in total. The van der Waals surface area contributed by atoms with E-state index in [4.69, 9.17) is 14.2 Å². The molecule has 21 heavy (non-hydrogen) atoms. The predicted octanol–water partition coefficient (Wildman–Crippen LogP) is 1.55. The lowest BCUT2D eigenvalue weighted by Gasteiger charge is -2.20. The lowest BCUT2D eigenvalue weighted by molar-refractivity contribution is 0.295. The third-order valence-corrected chi connectivity index (χ3v) is 3.87. The average Bonchev–Trinajstić information content (AvgIpc) is 2.80. The minimum atomic E-state index is 0.655. The van der Waals surface area contributed by atoms with Crippen LogP contribution < -0.4 is 19.5 Å². The first-order valence-electron chi connectivity index (χ1n) is 7.50. The van der Waals surface area contributed by atoms with Gasteiger partial charge in [0.05, 0.1) is 21.3 Å². The van der Waals surface area contributed by atoms with Gasteiger partial charge in [0.1, 0.15) is 0 Å². The van der Waals surface area contributed by atoms with Crippen molar-refractivity contribution in [3.63, 3.8) is 0 Å². The van der Waals surface area contributed by atoms with Gasteiger partial charge in [0.2, 0.25) is 5.75 Å². The smallest absolute Gasteiger partial charge is 0.203 e. The molecule has 1 fully saturated rings. The van der Waals surface area contributed by atoms with Crippen LogP contribution in [0.25, 0.3) is 0 Å². The third kappa shape index (κ3) is 4.25. The summed E-state index contributed by atoms with van der Waals surface area (Å²) in [7, 11) is 4.94. The van der Waals surface area contributed by atoms with E-state index in [1.165, 1.54) is 12.0 Å². The summed E-state index contributed by atoms with van der Waals surface area (Å²) in [5.41, 5.74) is 1.21. The molecule has 1 heterocycles. The molecule has 0 spiro atoms. The third-order valence-electron chi connectivity index (χ3n) is 3.87. The Labute approximate surface area is 127 Å². The van der Waals surface area contributed by atoms with Gasteiger partial charge >= 0.3 is 0 Å². The maximum absolute atomic E-state index is 5.40. The summed E-state index contributed by atoms with van der Waals surface area (Å²) < 4.78 is 16.2. The van der Waals surface area contributed by atoms with E-state index in [0.717, 1.165) is 50.6 Å². The van der Waals surface area contributed by atoms with Gasteiger partial charge in [-0.25, -0.2) is 0 Å². The zero-order valence-corrected chi connectivity index (χ0v) is 13.3. The second kappa shape index (κ2) is 8.10. The van der Waals surface area contributed by atoms with Crippen LogP contribution in [0, 0.1) is 0 Å². The van der Waals surface area contributed by atoms with Crippen molar-refractivity contribution in [3.05, 3.63) is 17.7 Å². The fourth-order valence-corrected chi connectivity index (χ4v) is 2.69. The van der Waals surface area contributed by atoms with Gasteiger partial charge in [0.15, 0.2) is 11.5 Å². The second-order valence-electron chi connectivity index (χ2n) is 5.23. The molecular formula is C16H26N2O3. The quantitative estimate of drug-likeness (QED) is 0.862. The number of methoxy groups -OCH3 is 3. The summed E-state index contributed by atoms with van der Waals surface area (Å²) in [4.78, 5) is 2.50. The van der Waals surface area contributed by atoms with Crippen molar-refractivity contribution in [3.8, 4) is 17.2 Å². The summed E-state index contributed by atoms with van der Waals surface area (Å²) in [5, 5.41) is 3.43. The van der Waals surface area contributed by atoms with E-state index in [1.54, 1.807) is 21.3 Å². The van der Waals surface area contributed by atoms with Crippen LogP contribution in [0.15, 0.2) is 12.1 Å². The highest BCUT2D eigenvalue weighted by Crippen LogP contribution is 2.38. The Bertz CT molecular complexity index is 418. The molecule has 1 aromatic carbocycles. The number of hydrogen-bond acceptors (Lipinski definition) is 5. The normalized spacial score (nSPS) is 16.3. The van der Waals surface area contributed by atoms with Crippen LogP contribution in [0.5, 0.6) is 17.2 Å². The minimum absolute atomic E-state index is 0.655. The molecule has 0 aliphatic carbocycles. The molecule has 0 bridgehead atoms. The molecule has 0 saturated carbocycles. The lowest BCUT2D eigenvalue weighted by Crippen LogP contribution is -2.30. The van der Waals surface area contributed by atoms with Crippen molar-refractivity contribution in [2.75, 3.05) is 54.1 Å². The van der Waals surface area contributed by atoms with Crippen LogP contribution in [0.3, 0.4) is 0 Å². The van der Waals surface area contributed by atoms with E-state index < -0.39 is 0 Å². The molecule has 1 aliphatic rings. The first-order valence-corrected chi connectivity index (χ1v) is 7.50. The molecule has 1 aliphatic heterocycles. The highest BCUT2D eigenvalue weighted by atomic mass is 16.5. The van der Waals surface area contributed by atoms with Crippen LogP contribution in [-0.2, 0) is 6.42 Å². The van der Waals surface area contributed by atoms with Gasteiger partial charge in [-0.2, -0.15) is 0 Å². The van der Waals surface area contributed by atoms with E-state index in [2.05, 4.69) is 10.2 Å². The van der Waals surface area contributed by atoms with Crippen molar-refractivity contribution >= 4 is 0 Å². The summed E-state index contributed by atoms with van der Waals surface area (Å²) in [6.45, 7) is 5.54. The monoisotopic (exact) mass is 294 g/mol. The molecule has 0 aromatic heterocycles. The molecule has 5 heteroatoms. The van der Waals surface area contributed by atoms with Crippen molar-refractivity contribution in [2.45, 2.75) is 12.8 Å². The summed E-state index contributed by atoms with van der Waals surface area (Å²) >= 11 is 0. The number of ether oxygens (including phenoxy) is 3. The van der Waals surface area contributed by atoms with Crippen molar-refractivity contribution in [2.24, 2.45) is 0 Å². The van der Waals surface area contributed by atoms with Crippen molar-refractivity contribution in [1.82, 2.24) is 10.2 Å². The molecule has 2 rings (SSSR count). The molecule has 0 unspecified atom stereocenters. The summed E-state index contributed by atoms with van der Waals surface area (Å²) in [5.74, 6) is 2.11. The van der Waals surface area contributed by atoms with Crippen LogP contribution in [0.2, 0.25) is 0 Å². The minimum Gasteiger partial charge on any atom is -0.493 e. The topological polar surface area (TPSA) is 43.0 Å². The van der Waals surface area contributed by atoms with Crippen LogP contribution in [-0.4, -0.2) is 59.0 Å². The first-order chi connectivity index (χ1) is 10.3. The van der Waals surface area contributed by atoms with Gasteiger partial charge in [-0.1, -0.05) is 0 Å². The van der Waals surface area contributed by atoms with Gasteiger partial charge < -0.3 is 24.4 Å². The fourth-order valence-electron chi connectivity index (χ4n) is 2.69. The van der Waals surface area contributed by atoms with Gasteiger partial charge in [0, 0.05) is 19.6 Å². The Morgan fingerprint density at radius 2 is 1.71 bits per heavy atom. The fraction of sp³-hybridized carbons (Fsp3) is 0.625. The van der Waals surface area contributed by atoms with Gasteiger partial charge in [-0.3, -0.25) is 0 Å². The van der Waals surface area contributed by atoms with E-state index in [0.29, 0.717) is 5.75 Å². The number of rotatable bonds is 6. The van der Waals surface area contributed by atoms with E-state index >= 15 is 0 Å². The zero-order valence-electron chi connectivity index (χ0n) is 13.3. The maximum atomic E-state index is 5.40. The van der Waals surface area contributed by atoms with Gasteiger partial charge in [-0.05, 0) is 43.6 Å². The summed E-state index contributed by atoms with van der Waals surface area (Å²) in [6.07, 6.45) is 2.20. The molecule has 1 aromatic rings. The zero-order chi connectivity index (χ0) is 15.1. The first kappa shape index (κ1) is 15.9. The Morgan fingerprint density at radius 3 is 2.33 bits per heavy atom. The number of benzene rings is 1. The van der Waals surface area contributed by atoms with Gasteiger partial charge in [0.25, 0.3) is 0 Å². The highest BCUT2D eigenvalue weighted by Gasteiger charge is 2.14. The SMILES string of the molecule is COc1cc(CCN2CCCNCC2)cc(OC)c1OC. The predicted molar refractivity (Wildman–Crippen MR) is 83.7 cm³/mol. The average molecular weight is 294 g/mol. The van der Waals surface area contributed by atoms with E-state index in [9.17, 15) is 0 Å². The molecule has 0 amide bonds. The molecular weight excluding hydrogens is 268 g/mol. The Kier molecular flexibility index (Phi) is 6.14. The summed E-state index contributed by atoms with van der Waals surface area (Å²) in [6, 6.07) is 4.08. The Balaban J connectivity index is 2.05. The largest absolute Gasteiger partial charge is 0.493 e. The molecule has 1 saturated heterocycles. The van der Waals surface area contributed by atoms with Crippen LogP contribution >= 0.6 is 0 Å². The Hall–Kier alpha value is -1.46. The highest BCUT2D eigenvalue weighted by molar-refractivity contribution is 5.53. The Morgan fingerprint density at radius 1 is 1.00 bits per heavy atom. The molecule has 118 valence electrons. The van der Waals surface area contributed by atoms with Crippen LogP contribution in [0.4, 0.5) is 0 Å². The van der Waals surface area contributed by atoms with Crippen molar-refractivity contribution < 1.29 is 14.2 Å². The number of hydrogen-bond donors (Lipinski definition) is 1. The maximum Gasteiger partial charge on any atom is 0.203 e. The number of nitrogens with one attached hydrogen (secondary N) is 1. The van der Waals surface area contributed by atoms with Crippen LogP contribution in [0.1, 0.15) is 12.0 Å². The second-order valence-corrected chi connectivity index (χ2v) is 5.23. The van der Waals surface area contributed by atoms with E-state index in [1.807, 2.05) is 12.1 Å². The standard InChI is InChI=1S/C16H26N2O3/c1-19-14-11-13(12-15(20-2)16(14)21-3)5-9-18-8-4-6-17-7-10-18/h11-12,17H,4-10H2,1-3H3. The molecule has 5 nitrogen and oxygen atoms in total. The number of nitrogens with zero attached hydrogens (tertiary/aromatic N) is 1. The van der Waals surface area contributed by atoms with Crippen molar-refractivity contribution in [1.29, 1.82) is 0 Å². The molecule has 0 radical (unpaired) electrons. The molecule has 0 atom stereocenters. The lowest BCUT2D eigenvalue weighted by atomic mass is 10.1. The van der Waals surface area contributed by atoms with E-state index in [-0.39, 0.29) is 0 Å².